The second-order valence-corrected chi connectivity index (χ2v) is 4.07. The number of hydrogen-bond acceptors (Lipinski definition) is 2. The van der Waals surface area contributed by atoms with Crippen molar-refractivity contribution in [1.82, 2.24) is 0 Å². The predicted octanol–water partition coefficient (Wildman–Crippen LogP) is 3.58. The van der Waals surface area contributed by atoms with Gasteiger partial charge in [-0.1, -0.05) is 31.7 Å². The summed E-state index contributed by atoms with van der Waals surface area (Å²) >= 11 is 0. The van der Waals surface area contributed by atoms with E-state index in [-0.39, 0.29) is 11.7 Å². The maximum absolute atomic E-state index is 9.29. The smallest absolute Gasteiger partial charge is 0.0879 e. The molecule has 2 atom stereocenters. The molecule has 2 nitrogen and oxygen atoms in total. The Balaban J connectivity index is 2.15. The topological polar surface area (TPSA) is 32.6 Å². The molecule has 2 unspecified atom stereocenters. The molecule has 0 saturated heterocycles. The van der Waals surface area contributed by atoms with Gasteiger partial charge in [-0.3, -0.25) is 4.99 Å². The van der Waals surface area contributed by atoms with E-state index in [1.54, 1.807) is 0 Å². The molecule has 0 aromatic heterocycles. The molecule has 78 valence electrons. The van der Waals surface area contributed by atoms with E-state index in [4.69, 9.17) is 0 Å². The van der Waals surface area contributed by atoms with Crippen molar-refractivity contribution in [3.8, 4) is 0 Å². The summed E-state index contributed by atoms with van der Waals surface area (Å²) in [4.78, 5) is 4.36. The minimum absolute atomic E-state index is 0.118. The van der Waals surface area contributed by atoms with Crippen LogP contribution in [0.4, 0.5) is 5.69 Å². The van der Waals surface area contributed by atoms with Gasteiger partial charge in [0.2, 0.25) is 0 Å². The van der Waals surface area contributed by atoms with Gasteiger partial charge in [-0.25, -0.2) is 0 Å². The van der Waals surface area contributed by atoms with Gasteiger partial charge in [-0.2, -0.15) is 0 Å². The Labute approximate surface area is 90.0 Å². The van der Waals surface area contributed by atoms with Crippen LogP contribution in [0.15, 0.2) is 41.6 Å². The van der Waals surface area contributed by atoms with Crippen molar-refractivity contribution >= 4 is 11.9 Å². The minimum atomic E-state index is 0.118. The standard InChI is InChI=1S/C13H15NO/c1-9(10(2)15)7-11-8-14-13-6-4-3-5-12(11)13/h3-6,8-9,11,15H,2,7H2,1H3. The van der Waals surface area contributed by atoms with Gasteiger partial charge < -0.3 is 5.11 Å². The summed E-state index contributed by atoms with van der Waals surface area (Å²) in [6.45, 7) is 5.55. The highest BCUT2D eigenvalue weighted by molar-refractivity contribution is 5.80. The Kier molecular flexibility index (Phi) is 2.58. The van der Waals surface area contributed by atoms with E-state index in [0.717, 1.165) is 12.1 Å². The number of fused-ring (bicyclic) bond motifs is 1. The molecule has 1 aromatic rings. The van der Waals surface area contributed by atoms with Crippen LogP contribution in [0.25, 0.3) is 0 Å². The van der Waals surface area contributed by atoms with Crippen molar-refractivity contribution < 1.29 is 5.11 Å². The van der Waals surface area contributed by atoms with Gasteiger partial charge in [-0.05, 0) is 18.1 Å². The fourth-order valence-corrected chi connectivity index (χ4v) is 1.87. The van der Waals surface area contributed by atoms with Gasteiger partial charge in [0.25, 0.3) is 0 Å². The van der Waals surface area contributed by atoms with Crippen LogP contribution >= 0.6 is 0 Å². The van der Waals surface area contributed by atoms with Crippen LogP contribution < -0.4 is 0 Å². The van der Waals surface area contributed by atoms with Crippen molar-refractivity contribution in [1.29, 1.82) is 0 Å². The third-order valence-corrected chi connectivity index (χ3v) is 2.91. The number of para-hydroxylation sites is 1. The monoisotopic (exact) mass is 201 g/mol. The lowest BCUT2D eigenvalue weighted by atomic mass is 9.90. The van der Waals surface area contributed by atoms with Gasteiger partial charge in [-0.15, -0.1) is 0 Å². The fourth-order valence-electron chi connectivity index (χ4n) is 1.87. The average molecular weight is 201 g/mol. The zero-order valence-electron chi connectivity index (χ0n) is 8.85. The third kappa shape index (κ3) is 1.94. The summed E-state index contributed by atoms with van der Waals surface area (Å²) in [5, 5.41) is 9.29. The normalized spacial score (nSPS) is 19.9. The Morgan fingerprint density at radius 3 is 3.00 bits per heavy atom. The molecule has 0 bridgehead atoms. The maximum atomic E-state index is 9.29. The minimum Gasteiger partial charge on any atom is -0.513 e. The van der Waals surface area contributed by atoms with Gasteiger partial charge in [0.05, 0.1) is 11.4 Å². The summed E-state index contributed by atoms with van der Waals surface area (Å²) < 4.78 is 0. The first-order valence-electron chi connectivity index (χ1n) is 5.19. The van der Waals surface area contributed by atoms with Crippen molar-refractivity contribution in [2.45, 2.75) is 19.3 Å². The van der Waals surface area contributed by atoms with E-state index in [0.29, 0.717) is 5.92 Å². The van der Waals surface area contributed by atoms with E-state index in [9.17, 15) is 5.11 Å². The summed E-state index contributed by atoms with van der Waals surface area (Å²) in [6.07, 6.45) is 2.83. The van der Waals surface area contributed by atoms with Crippen LogP contribution in [0, 0.1) is 5.92 Å². The van der Waals surface area contributed by atoms with Crippen molar-refractivity contribution in [3.63, 3.8) is 0 Å². The number of allylic oxidation sites excluding steroid dienone is 1. The van der Waals surface area contributed by atoms with Gasteiger partial charge in [0.15, 0.2) is 0 Å². The van der Waals surface area contributed by atoms with E-state index in [1.165, 1.54) is 5.56 Å². The average Bonchev–Trinajstić information content (AvgIpc) is 2.62. The quantitative estimate of drug-likeness (QED) is 0.745. The van der Waals surface area contributed by atoms with Crippen molar-refractivity contribution in [2.24, 2.45) is 10.9 Å². The van der Waals surface area contributed by atoms with Crippen LogP contribution in [-0.4, -0.2) is 11.3 Å². The number of nitrogens with zero attached hydrogens (tertiary/aromatic N) is 1. The van der Waals surface area contributed by atoms with Crippen LogP contribution in [-0.2, 0) is 0 Å². The van der Waals surface area contributed by atoms with Crippen LogP contribution in [0.3, 0.4) is 0 Å². The fraction of sp³-hybridized carbons (Fsp3) is 0.308. The summed E-state index contributed by atoms with van der Waals surface area (Å²) in [7, 11) is 0. The van der Waals surface area contributed by atoms with Crippen LogP contribution in [0.5, 0.6) is 0 Å². The van der Waals surface area contributed by atoms with Crippen molar-refractivity contribution in [3.05, 3.63) is 42.2 Å². The Bertz CT molecular complexity index is 409. The first-order valence-corrected chi connectivity index (χ1v) is 5.19. The molecule has 1 aliphatic heterocycles. The molecule has 2 heteroatoms. The number of aliphatic imine (C=N–C) groups is 1. The zero-order chi connectivity index (χ0) is 10.8. The highest BCUT2D eigenvalue weighted by Gasteiger charge is 2.21. The molecule has 2 rings (SSSR count). The van der Waals surface area contributed by atoms with Crippen LogP contribution in [0.2, 0.25) is 0 Å². The summed E-state index contributed by atoms with van der Waals surface area (Å²) in [6, 6.07) is 8.13. The van der Waals surface area contributed by atoms with E-state index in [2.05, 4.69) is 17.6 Å². The first kappa shape index (κ1) is 9.97. The van der Waals surface area contributed by atoms with Crippen LogP contribution in [0.1, 0.15) is 24.8 Å². The summed E-state index contributed by atoms with van der Waals surface area (Å²) in [5.41, 5.74) is 2.31. The first-order chi connectivity index (χ1) is 7.18. The summed E-state index contributed by atoms with van der Waals surface area (Å²) in [5.74, 6) is 0.695. The van der Waals surface area contributed by atoms with E-state index < -0.39 is 0 Å². The molecular weight excluding hydrogens is 186 g/mol. The molecule has 1 aliphatic rings. The Morgan fingerprint density at radius 1 is 1.53 bits per heavy atom. The largest absolute Gasteiger partial charge is 0.513 e. The van der Waals surface area contributed by atoms with Gasteiger partial charge in [0, 0.05) is 18.1 Å². The van der Waals surface area contributed by atoms with Crippen molar-refractivity contribution in [2.75, 3.05) is 0 Å². The Hall–Kier alpha value is -1.57. The molecule has 1 aromatic carbocycles. The highest BCUT2D eigenvalue weighted by atomic mass is 16.3. The SMILES string of the molecule is C=C(O)C(C)CC1C=Nc2ccccc21. The number of hydrogen-bond donors (Lipinski definition) is 1. The molecule has 0 amide bonds. The lowest BCUT2D eigenvalue weighted by Gasteiger charge is -2.14. The Morgan fingerprint density at radius 2 is 2.27 bits per heavy atom. The van der Waals surface area contributed by atoms with Gasteiger partial charge in [0.1, 0.15) is 0 Å². The molecule has 0 fully saturated rings. The second kappa shape index (κ2) is 3.89. The van der Waals surface area contributed by atoms with E-state index in [1.807, 2.05) is 31.3 Å². The molecule has 1 N–H and O–H groups in total. The lowest BCUT2D eigenvalue weighted by molar-refractivity contribution is 0.332. The third-order valence-electron chi connectivity index (χ3n) is 2.91. The molecule has 0 radical (unpaired) electrons. The molecule has 1 heterocycles. The lowest BCUT2D eigenvalue weighted by Crippen LogP contribution is -2.05. The molecule has 0 spiro atoms. The predicted molar refractivity (Wildman–Crippen MR) is 62.9 cm³/mol. The molecular formula is C13H15NO. The number of rotatable bonds is 3. The highest BCUT2D eigenvalue weighted by Crippen LogP contribution is 2.36. The van der Waals surface area contributed by atoms with E-state index >= 15 is 0 Å². The zero-order valence-corrected chi connectivity index (χ0v) is 8.85. The van der Waals surface area contributed by atoms with Gasteiger partial charge >= 0.3 is 0 Å². The number of aliphatic hydroxyl groups excluding tert-OH is 1. The molecule has 0 saturated carbocycles. The molecule has 15 heavy (non-hydrogen) atoms. The second-order valence-electron chi connectivity index (χ2n) is 4.07. The maximum Gasteiger partial charge on any atom is 0.0879 e. The molecule has 0 aliphatic carbocycles. The number of aliphatic hydroxyl groups is 1. The number of benzene rings is 1.